The quantitative estimate of drug-likeness (QED) is 0.586. The number of hydrogen-bond donors (Lipinski definition) is 1. The number of nitrogens with zero attached hydrogens (tertiary/aromatic N) is 2. The van der Waals surface area contributed by atoms with E-state index in [9.17, 15) is 0 Å². The van der Waals surface area contributed by atoms with Gasteiger partial charge in [0.25, 0.3) is 0 Å². The third-order valence-corrected chi connectivity index (χ3v) is 5.48. The second kappa shape index (κ2) is 6.80. The van der Waals surface area contributed by atoms with Gasteiger partial charge in [-0.1, -0.05) is 24.3 Å². The van der Waals surface area contributed by atoms with Crippen LogP contribution >= 0.6 is 0 Å². The Morgan fingerprint density at radius 2 is 1.85 bits per heavy atom. The molecule has 0 amide bonds. The minimum atomic E-state index is 0.838. The predicted molar refractivity (Wildman–Crippen MR) is 110 cm³/mol. The van der Waals surface area contributed by atoms with E-state index < -0.39 is 0 Å². The number of benzene rings is 2. The molecule has 0 saturated carbocycles. The summed E-state index contributed by atoms with van der Waals surface area (Å²) in [5.74, 6) is 0. The molecule has 4 heteroatoms. The van der Waals surface area contributed by atoms with Crippen molar-refractivity contribution in [3.05, 3.63) is 66.0 Å². The van der Waals surface area contributed by atoms with Gasteiger partial charge in [-0.2, -0.15) is 0 Å². The highest BCUT2D eigenvalue weighted by molar-refractivity contribution is 6.09. The molecule has 136 valence electrons. The molecular weight excluding hydrogens is 334 g/mol. The number of aromatic amines is 1. The third-order valence-electron chi connectivity index (χ3n) is 5.48. The predicted octanol–water partition coefficient (Wildman–Crippen LogP) is 4.52. The molecule has 5 rings (SSSR count). The van der Waals surface area contributed by atoms with E-state index in [-0.39, 0.29) is 0 Å². The van der Waals surface area contributed by atoms with Crippen molar-refractivity contribution in [2.75, 3.05) is 26.3 Å². The van der Waals surface area contributed by atoms with Crippen LogP contribution in [0.5, 0.6) is 0 Å². The Hall–Kier alpha value is -2.69. The minimum absolute atomic E-state index is 0.838. The van der Waals surface area contributed by atoms with Crippen LogP contribution in [-0.4, -0.2) is 41.2 Å². The van der Waals surface area contributed by atoms with Crippen molar-refractivity contribution in [2.24, 2.45) is 0 Å². The maximum Gasteiger partial charge on any atom is 0.0681 e. The van der Waals surface area contributed by atoms with Crippen LogP contribution in [0, 0.1) is 6.92 Å². The van der Waals surface area contributed by atoms with E-state index >= 15 is 0 Å². The van der Waals surface area contributed by atoms with E-state index in [0.717, 1.165) is 49.6 Å². The van der Waals surface area contributed by atoms with Crippen molar-refractivity contribution < 1.29 is 4.74 Å². The molecule has 0 aliphatic carbocycles. The molecule has 3 heterocycles. The molecule has 4 nitrogen and oxygen atoms in total. The molecule has 1 aliphatic rings. The fraction of sp³-hybridized carbons (Fsp3) is 0.261. The standard InChI is InChI=1S/C23H23N3O/c1-16-23-20(7-8-24-16)21-14-19(5-6-22(21)25-23)18-4-2-3-17(13-18)15-26-9-11-27-12-10-26/h2-8,13-14,25H,9-12,15H2,1H3. The first-order valence-electron chi connectivity index (χ1n) is 9.54. The fourth-order valence-electron chi connectivity index (χ4n) is 4.01. The summed E-state index contributed by atoms with van der Waals surface area (Å²) in [4.78, 5) is 10.4. The van der Waals surface area contributed by atoms with Crippen molar-refractivity contribution in [1.29, 1.82) is 0 Å². The lowest BCUT2D eigenvalue weighted by atomic mass is 10.0. The van der Waals surface area contributed by atoms with Crippen LogP contribution in [-0.2, 0) is 11.3 Å². The fourth-order valence-corrected chi connectivity index (χ4v) is 4.01. The Morgan fingerprint density at radius 1 is 1.00 bits per heavy atom. The van der Waals surface area contributed by atoms with Crippen LogP contribution < -0.4 is 0 Å². The topological polar surface area (TPSA) is 41.2 Å². The van der Waals surface area contributed by atoms with Crippen LogP contribution in [0.4, 0.5) is 0 Å². The first kappa shape index (κ1) is 16.5. The summed E-state index contributed by atoms with van der Waals surface area (Å²) in [5.41, 5.74) is 7.20. The van der Waals surface area contributed by atoms with Crippen molar-refractivity contribution in [2.45, 2.75) is 13.5 Å². The van der Waals surface area contributed by atoms with E-state index in [1.807, 2.05) is 13.1 Å². The zero-order valence-electron chi connectivity index (χ0n) is 15.5. The lowest BCUT2D eigenvalue weighted by Gasteiger charge is -2.26. The minimum Gasteiger partial charge on any atom is -0.379 e. The number of nitrogens with one attached hydrogen (secondary N) is 1. The third kappa shape index (κ3) is 3.11. The maximum absolute atomic E-state index is 5.46. The van der Waals surface area contributed by atoms with Gasteiger partial charge in [0.15, 0.2) is 0 Å². The number of rotatable bonds is 3. The van der Waals surface area contributed by atoms with Crippen LogP contribution in [0.2, 0.25) is 0 Å². The monoisotopic (exact) mass is 357 g/mol. The highest BCUT2D eigenvalue weighted by atomic mass is 16.5. The molecule has 1 N–H and O–H groups in total. The molecule has 27 heavy (non-hydrogen) atoms. The molecule has 1 saturated heterocycles. The Labute approximate surface area is 158 Å². The van der Waals surface area contributed by atoms with Crippen molar-refractivity contribution >= 4 is 21.8 Å². The lowest BCUT2D eigenvalue weighted by Crippen LogP contribution is -2.35. The molecule has 1 aliphatic heterocycles. The number of morpholine rings is 1. The summed E-state index contributed by atoms with van der Waals surface area (Å²) in [6.45, 7) is 6.74. The van der Waals surface area contributed by atoms with Gasteiger partial charge < -0.3 is 9.72 Å². The number of H-pyrrole nitrogens is 1. The van der Waals surface area contributed by atoms with Crippen LogP contribution in [0.1, 0.15) is 11.3 Å². The molecule has 1 fully saturated rings. The number of ether oxygens (including phenoxy) is 1. The molecular formula is C23H23N3O. The molecule has 4 aromatic rings. The Morgan fingerprint density at radius 3 is 2.74 bits per heavy atom. The summed E-state index contributed by atoms with van der Waals surface area (Å²) in [6.07, 6.45) is 1.89. The summed E-state index contributed by atoms with van der Waals surface area (Å²) >= 11 is 0. The lowest BCUT2D eigenvalue weighted by molar-refractivity contribution is 0.0342. The van der Waals surface area contributed by atoms with Gasteiger partial charge in [0, 0.05) is 42.1 Å². The smallest absolute Gasteiger partial charge is 0.0681 e. The average molecular weight is 357 g/mol. The second-order valence-corrected chi connectivity index (χ2v) is 7.29. The van der Waals surface area contributed by atoms with Gasteiger partial charge in [-0.15, -0.1) is 0 Å². The number of fused-ring (bicyclic) bond motifs is 3. The van der Waals surface area contributed by atoms with Crippen molar-refractivity contribution in [3.63, 3.8) is 0 Å². The highest BCUT2D eigenvalue weighted by Gasteiger charge is 2.12. The van der Waals surface area contributed by atoms with Crippen LogP contribution in [0.3, 0.4) is 0 Å². The van der Waals surface area contributed by atoms with Gasteiger partial charge in [-0.05, 0) is 47.9 Å². The summed E-state index contributed by atoms with van der Waals surface area (Å²) in [7, 11) is 0. The maximum atomic E-state index is 5.46. The van der Waals surface area contributed by atoms with Crippen molar-refractivity contribution in [1.82, 2.24) is 14.9 Å². The largest absolute Gasteiger partial charge is 0.379 e. The van der Waals surface area contributed by atoms with Gasteiger partial charge >= 0.3 is 0 Å². The molecule has 0 bridgehead atoms. The number of pyridine rings is 1. The SMILES string of the molecule is Cc1nccc2c1[nH]c1ccc(-c3cccc(CN4CCOCC4)c3)cc12. The summed E-state index contributed by atoms with van der Waals surface area (Å²) in [6, 6.07) is 17.7. The highest BCUT2D eigenvalue weighted by Crippen LogP contribution is 2.31. The first-order chi connectivity index (χ1) is 13.3. The van der Waals surface area contributed by atoms with Gasteiger partial charge in [-0.25, -0.2) is 0 Å². The zero-order valence-corrected chi connectivity index (χ0v) is 15.5. The van der Waals surface area contributed by atoms with Gasteiger partial charge in [-0.3, -0.25) is 9.88 Å². The van der Waals surface area contributed by atoms with Gasteiger partial charge in [0.05, 0.1) is 24.4 Å². The molecule has 0 atom stereocenters. The zero-order chi connectivity index (χ0) is 18.2. The van der Waals surface area contributed by atoms with E-state index in [2.05, 4.69) is 63.4 Å². The molecule has 0 unspecified atom stereocenters. The molecule has 2 aromatic carbocycles. The Kier molecular flexibility index (Phi) is 4.15. The van der Waals surface area contributed by atoms with E-state index in [1.54, 1.807) is 0 Å². The average Bonchev–Trinajstić information content (AvgIpc) is 3.08. The number of aromatic nitrogens is 2. The van der Waals surface area contributed by atoms with E-state index in [4.69, 9.17) is 4.74 Å². The Balaban J connectivity index is 1.52. The van der Waals surface area contributed by atoms with Crippen LogP contribution in [0.15, 0.2) is 54.7 Å². The normalized spacial score (nSPS) is 15.6. The van der Waals surface area contributed by atoms with Crippen LogP contribution in [0.25, 0.3) is 32.9 Å². The number of hydrogen-bond acceptors (Lipinski definition) is 3. The number of aryl methyl sites for hydroxylation is 1. The molecule has 0 spiro atoms. The van der Waals surface area contributed by atoms with Gasteiger partial charge in [0.1, 0.15) is 0 Å². The van der Waals surface area contributed by atoms with E-state index in [0.29, 0.717) is 0 Å². The van der Waals surface area contributed by atoms with E-state index in [1.165, 1.54) is 27.5 Å². The first-order valence-corrected chi connectivity index (χ1v) is 9.54. The molecule has 0 radical (unpaired) electrons. The second-order valence-electron chi connectivity index (χ2n) is 7.29. The van der Waals surface area contributed by atoms with Gasteiger partial charge in [0.2, 0.25) is 0 Å². The summed E-state index contributed by atoms with van der Waals surface area (Å²) in [5, 5.41) is 2.50. The Bertz CT molecular complexity index is 1110. The van der Waals surface area contributed by atoms with Crippen molar-refractivity contribution in [3.8, 4) is 11.1 Å². The summed E-state index contributed by atoms with van der Waals surface area (Å²) < 4.78 is 5.46. The molecule has 2 aromatic heterocycles.